The van der Waals surface area contributed by atoms with E-state index in [1.807, 2.05) is 43.3 Å². The Hall–Kier alpha value is -2.58. The van der Waals surface area contributed by atoms with Crippen LogP contribution >= 0.6 is 23.1 Å². The average molecular weight is 367 g/mol. The Morgan fingerprint density at radius 1 is 1.20 bits per heavy atom. The van der Waals surface area contributed by atoms with Crippen LogP contribution in [-0.2, 0) is 4.79 Å². The van der Waals surface area contributed by atoms with Crippen LogP contribution in [0.3, 0.4) is 0 Å². The van der Waals surface area contributed by atoms with Crippen molar-refractivity contribution in [3.8, 4) is 0 Å². The van der Waals surface area contributed by atoms with Gasteiger partial charge in [-0.05, 0) is 42.5 Å². The van der Waals surface area contributed by atoms with Crippen molar-refractivity contribution in [3.05, 3.63) is 52.0 Å². The van der Waals surface area contributed by atoms with E-state index in [2.05, 4.69) is 20.2 Å². The number of rotatable bonds is 2. The van der Waals surface area contributed by atoms with Gasteiger partial charge in [0.05, 0.1) is 10.4 Å². The van der Waals surface area contributed by atoms with E-state index in [1.54, 1.807) is 13.2 Å². The lowest BCUT2D eigenvalue weighted by atomic mass is 10.1. The number of hydrogen-bond acceptors (Lipinski definition) is 7. The number of pyridine rings is 1. The summed E-state index contributed by atoms with van der Waals surface area (Å²) in [6.45, 7) is 1.87. The van der Waals surface area contributed by atoms with Gasteiger partial charge in [-0.15, -0.1) is 10.2 Å². The van der Waals surface area contributed by atoms with Crippen molar-refractivity contribution >= 4 is 56.3 Å². The fourth-order valence-electron chi connectivity index (χ4n) is 2.45. The number of amidine groups is 1. The second-order valence-corrected chi connectivity index (χ2v) is 7.56. The lowest BCUT2D eigenvalue weighted by Gasteiger charge is -2.05. The Balaban J connectivity index is 1.72. The predicted molar refractivity (Wildman–Crippen MR) is 102 cm³/mol. The van der Waals surface area contributed by atoms with E-state index in [0.29, 0.717) is 15.2 Å². The maximum atomic E-state index is 12.6. The van der Waals surface area contributed by atoms with Crippen LogP contribution in [0.5, 0.6) is 0 Å². The summed E-state index contributed by atoms with van der Waals surface area (Å²) < 4.78 is 0. The van der Waals surface area contributed by atoms with E-state index in [-0.39, 0.29) is 5.91 Å². The standard InChI is InChI=1S/C17H13N5OS2/c1-10-20-21-16(24-10)19-17-22(2)15(23)14(25-17)9-11-7-8-18-13-6-4-3-5-12(11)13/h3-9H,1-2H3/b14-9-,19-17-. The van der Waals surface area contributed by atoms with Crippen LogP contribution in [0.25, 0.3) is 17.0 Å². The molecule has 0 bridgehead atoms. The molecule has 0 spiro atoms. The minimum absolute atomic E-state index is 0.0779. The first-order valence-corrected chi connectivity index (χ1v) is 9.15. The lowest BCUT2D eigenvalue weighted by molar-refractivity contribution is -0.121. The molecule has 0 unspecified atom stereocenters. The average Bonchev–Trinajstić information content (AvgIpc) is 3.14. The third-order valence-corrected chi connectivity index (χ3v) is 5.47. The van der Waals surface area contributed by atoms with Crippen LogP contribution in [0.15, 0.2) is 46.4 Å². The highest BCUT2D eigenvalue weighted by atomic mass is 32.2. The first-order chi connectivity index (χ1) is 12.1. The molecule has 1 fully saturated rings. The lowest BCUT2D eigenvalue weighted by Crippen LogP contribution is -2.23. The smallest absolute Gasteiger partial charge is 0.266 e. The zero-order chi connectivity index (χ0) is 17.4. The molecule has 3 heterocycles. The number of para-hydroxylation sites is 1. The van der Waals surface area contributed by atoms with Gasteiger partial charge in [0, 0.05) is 18.6 Å². The Kier molecular flexibility index (Phi) is 4.06. The van der Waals surface area contributed by atoms with Crippen molar-refractivity contribution in [3.63, 3.8) is 0 Å². The summed E-state index contributed by atoms with van der Waals surface area (Å²) in [5.74, 6) is -0.0779. The predicted octanol–water partition coefficient (Wildman–Crippen LogP) is 3.63. The van der Waals surface area contributed by atoms with E-state index >= 15 is 0 Å². The van der Waals surface area contributed by atoms with Crippen LogP contribution < -0.4 is 0 Å². The normalized spacial score (nSPS) is 18.0. The molecule has 4 rings (SSSR count). The summed E-state index contributed by atoms with van der Waals surface area (Å²) in [7, 11) is 1.72. The largest absolute Gasteiger partial charge is 0.289 e. The molecule has 3 aromatic rings. The zero-order valence-corrected chi connectivity index (χ0v) is 15.1. The van der Waals surface area contributed by atoms with E-state index < -0.39 is 0 Å². The number of carbonyl (C=O) groups excluding carboxylic acids is 1. The van der Waals surface area contributed by atoms with Crippen LogP contribution in [-0.4, -0.2) is 38.2 Å². The van der Waals surface area contributed by atoms with E-state index in [1.165, 1.54) is 28.0 Å². The number of thioether (sulfide) groups is 1. The summed E-state index contributed by atoms with van der Waals surface area (Å²) in [6, 6.07) is 9.78. The highest BCUT2D eigenvalue weighted by molar-refractivity contribution is 8.18. The number of amides is 1. The SMILES string of the molecule is Cc1nnc(/N=C2\S/C(=C\c3ccnc4ccccc34)C(=O)N2C)s1. The number of aliphatic imine (C=N–C) groups is 1. The summed E-state index contributed by atoms with van der Waals surface area (Å²) >= 11 is 2.74. The molecular weight excluding hydrogens is 354 g/mol. The monoisotopic (exact) mass is 367 g/mol. The van der Waals surface area contributed by atoms with Gasteiger partial charge in [-0.3, -0.25) is 14.7 Å². The molecule has 1 aromatic carbocycles. The van der Waals surface area contributed by atoms with Crippen LogP contribution in [0.4, 0.5) is 5.13 Å². The topological polar surface area (TPSA) is 71.3 Å². The van der Waals surface area contributed by atoms with Crippen molar-refractivity contribution < 1.29 is 4.79 Å². The minimum atomic E-state index is -0.0779. The number of likely N-dealkylation sites (N-methyl/N-ethyl adjacent to an activating group) is 1. The van der Waals surface area contributed by atoms with Gasteiger partial charge in [-0.2, -0.15) is 4.99 Å². The molecule has 124 valence electrons. The number of hydrogen-bond donors (Lipinski definition) is 0. The number of carbonyl (C=O) groups is 1. The summed E-state index contributed by atoms with van der Waals surface area (Å²) in [4.78, 5) is 23.5. The molecule has 0 atom stereocenters. The Morgan fingerprint density at radius 2 is 2.04 bits per heavy atom. The maximum Gasteiger partial charge on any atom is 0.266 e. The van der Waals surface area contributed by atoms with Crippen molar-refractivity contribution in [2.24, 2.45) is 4.99 Å². The molecule has 0 N–H and O–H groups in total. The summed E-state index contributed by atoms with van der Waals surface area (Å²) in [6.07, 6.45) is 3.64. The van der Waals surface area contributed by atoms with Crippen molar-refractivity contribution in [1.29, 1.82) is 0 Å². The van der Waals surface area contributed by atoms with Gasteiger partial charge in [-0.1, -0.05) is 29.5 Å². The molecule has 8 heteroatoms. The number of aromatic nitrogens is 3. The fourth-order valence-corrected chi connectivity index (χ4v) is 4.03. The zero-order valence-electron chi connectivity index (χ0n) is 13.5. The van der Waals surface area contributed by atoms with Crippen LogP contribution in [0.2, 0.25) is 0 Å². The molecule has 0 saturated carbocycles. The van der Waals surface area contributed by atoms with Crippen molar-refractivity contribution in [1.82, 2.24) is 20.1 Å². The molecule has 1 saturated heterocycles. The number of benzene rings is 1. The summed E-state index contributed by atoms with van der Waals surface area (Å²) in [5, 5.41) is 11.0. The number of fused-ring (bicyclic) bond motifs is 1. The third-order valence-electron chi connectivity index (χ3n) is 3.68. The Morgan fingerprint density at radius 3 is 2.84 bits per heavy atom. The maximum absolute atomic E-state index is 12.6. The van der Waals surface area contributed by atoms with Gasteiger partial charge < -0.3 is 0 Å². The fraction of sp³-hybridized carbons (Fsp3) is 0.118. The highest BCUT2D eigenvalue weighted by Crippen LogP contribution is 2.34. The van der Waals surface area contributed by atoms with Crippen LogP contribution in [0.1, 0.15) is 10.6 Å². The molecular formula is C17H13N5OS2. The summed E-state index contributed by atoms with van der Waals surface area (Å²) in [5.41, 5.74) is 1.86. The van der Waals surface area contributed by atoms with Gasteiger partial charge in [0.25, 0.3) is 5.91 Å². The molecule has 0 aliphatic carbocycles. The molecule has 25 heavy (non-hydrogen) atoms. The van der Waals surface area contributed by atoms with Gasteiger partial charge in [0.15, 0.2) is 5.17 Å². The molecule has 1 aliphatic heterocycles. The molecule has 1 aliphatic rings. The number of nitrogens with zero attached hydrogens (tertiary/aromatic N) is 5. The quantitative estimate of drug-likeness (QED) is 0.647. The first-order valence-electron chi connectivity index (χ1n) is 7.52. The molecule has 1 amide bonds. The van der Waals surface area contributed by atoms with Gasteiger partial charge >= 0.3 is 0 Å². The Labute approximate surface area is 152 Å². The van der Waals surface area contributed by atoms with E-state index in [0.717, 1.165) is 21.5 Å². The number of aryl methyl sites for hydroxylation is 1. The second kappa shape index (κ2) is 6.38. The second-order valence-electron chi connectivity index (χ2n) is 5.39. The minimum Gasteiger partial charge on any atom is -0.289 e. The Bertz CT molecular complexity index is 1030. The van der Waals surface area contributed by atoms with Gasteiger partial charge in [-0.25, -0.2) is 0 Å². The third kappa shape index (κ3) is 3.06. The van der Waals surface area contributed by atoms with Crippen molar-refractivity contribution in [2.75, 3.05) is 7.05 Å². The van der Waals surface area contributed by atoms with E-state index in [4.69, 9.17) is 0 Å². The molecule has 6 nitrogen and oxygen atoms in total. The molecule has 2 aromatic heterocycles. The first kappa shape index (κ1) is 15.9. The van der Waals surface area contributed by atoms with Crippen LogP contribution in [0, 0.1) is 6.92 Å². The van der Waals surface area contributed by atoms with Crippen molar-refractivity contribution in [2.45, 2.75) is 6.92 Å². The highest BCUT2D eigenvalue weighted by Gasteiger charge is 2.30. The van der Waals surface area contributed by atoms with Gasteiger partial charge in [0.1, 0.15) is 5.01 Å². The van der Waals surface area contributed by atoms with Gasteiger partial charge in [0.2, 0.25) is 5.13 Å². The molecule has 0 radical (unpaired) electrons. The van der Waals surface area contributed by atoms with E-state index in [9.17, 15) is 4.79 Å².